The molecule has 0 fully saturated rings. The van der Waals surface area contributed by atoms with Gasteiger partial charge in [-0.25, -0.2) is 0 Å². The largest absolute Gasteiger partial charge is 0.311 e. The number of Topliss-reactive ketones (excluding diaryl/α,β-unsaturated/α-hetero) is 1. The van der Waals surface area contributed by atoms with Crippen molar-refractivity contribution in [1.82, 2.24) is 0 Å². The van der Waals surface area contributed by atoms with Crippen LogP contribution >= 0.6 is 0 Å². The van der Waals surface area contributed by atoms with E-state index in [4.69, 9.17) is 0 Å². The molecule has 0 aromatic heterocycles. The summed E-state index contributed by atoms with van der Waals surface area (Å²) in [7, 11) is 0. The number of nitrogens with zero attached hydrogens (tertiary/aromatic N) is 1. The highest BCUT2D eigenvalue weighted by atomic mass is 16.2. The topological polar surface area (TPSA) is 37.4 Å². The number of carbonyl (C=O) groups excluding carboxylic acids is 2. The summed E-state index contributed by atoms with van der Waals surface area (Å²) >= 11 is 0. The number of hydrogen-bond donors (Lipinski definition) is 0. The Morgan fingerprint density at radius 2 is 1.70 bits per heavy atom. The molecular weight excluding hydrogens is 286 g/mol. The van der Waals surface area contributed by atoms with E-state index in [9.17, 15) is 9.59 Å². The van der Waals surface area contributed by atoms with Crippen LogP contribution in [0.2, 0.25) is 0 Å². The van der Waals surface area contributed by atoms with Crippen molar-refractivity contribution in [3.8, 4) is 0 Å². The molecule has 0 atom stereocenters. The molecule has 0 unspecified atom stereocenters. The van der Waals surface area contributed by atoms with Crippen LogP contribution in [0, 0.1) is 0 Å². The van der Waals surface area contributed by atoms with Gasteiger partial charge in [-0.15, -0.1) is 0 Å². The molecule has 0 saturated carbocycles. The fourth-order valence-electron chi connectivity index (χ4n) is 3.23. The zero-order valence-electron chi connectivity index (χ0n) is 14.4. The van der Waals surface area contributed by atoms with E-state index >= 15 is 0 Å². The molecule has 2 rings (SSSR count). The van der Waals surface area contributed by atoms with E-state index in [1.807, 2.05) is 18.2 Å². The summed E-state index contributed by atoms with van der Waals surface area (Å²) in [4.78, 5) is 26.1. The maximum absolute atomic E-state index is 12.3. The fourth-order valence-corrected chi connectivity index (χ4v) is 3.23. The van der Waals surface area contributed by atoms with E-state index in [2.05, 4.69) is 13.0 Å². The molecule has 3 heteroatoms. The van der Waals surface area contributed by atoms with E-state index in [0.717, 1.165) is 24.9 Å². The Hall–Kier alpha value is -1.64. The minimum Gasteiger partial charge on any atom is -0.311 e. The normalized spacial score (nSPS) is 13.2. The predicted molar refractivity (Wildman–Crippen MR) is 94.7 cm³/mol. The number of amides is 1. The molecule has 1 aliphatic rings. The second-order valence-corrected chi connectivity index (χ2v) is 6.51. The van der Waals surface area contributed by atoms with Crippen LogP contribution in [0.3, 0.4) is 0 Å². The van der Waals surface area contributed by atoms with Crippen LogP contribution in [0.5, 0.6) is 0 Å². The van der Waals surface area contributed by atoms with Crippen molar-refractivity contribution in [1.29, 1.82) is 0 Å². The number of benzene rings is 1. The summed E-state index contributed by atoms with van der Waals surface area (Å²) in [5.41, 5.74) is 2.20. The Kier molecular flexibility index (Phi) is 7.31. The lowest BCUT2D eigenvalue weighted by Gasteiger charge is -2.16. The van der Waals surface area contributed by atoms with Crippen LogP contribution in [-0.2, 0) is 16.0 Å². The van der Waals surface area contributed by atoms with Crippen LogP contribution in [0.15, 0.2) is 24.3 Å². The average Bonchev–Trinajstić information content (AvgIpc) is 2.98. The van der Waals surface area contributed by atoms with Gasteiger partial charge in [0.25, 0.3) is 0 Å². The third kappa shape index (κ3) is 5.49. The maximum atomic E-state index is 12.3. The molecule has 0 saturated heterocycles. The summed E-state index contributed by atoms with van der Waals surface area (Å²) in [6.45, 7) is 2.93. The number of rotatable bonds is 10. The summed E-state index contributed by atoms with van der Waals surface area (Å²) in [5.74, 6) is 0.0517. The van der Waals surface area contributed by atoms with Crippen molar-refractivity contribution in [3.63, 3.8) is 0 Å². The number of carbonyl (C=O) groups is 2. The van der Waals surface area contributed by atoms with Crippen LogP contribution in [0.4, 0.5) is 5.69 Å². The van der Waals surface area contributed by atoms with Crippen LogP contribution in [0.1, 0.15) is 70.3 Å². The number of anilines is 1. The minimum atomic E-state index is -0.0390. The number of ketones is 1. The zero-order valence-corrected chi connectivity index (χ0v) is 14.4. The molecule has 1 amide bonds. The molecule has 3 nitrogen and oxygen atoms in total. The van der Waals surface area contributed by atoms with Gasteiger partial charge in [0.15, 0.2) is 0 Å². The van der Waals surface area contributed by atoms with Gasteiger partial charge < -0.3 is 4.90 Å². The van der Waals surface area contributed by atoms with E-state index in [1.54, 1.807) is 4.90 Å². The Labute approximate surface area is 140 Å². The van der Waals surface area contributed by atoms with Crippen LogP contribution in [-0.4, -0.2) is 18.2 Å². The molecule has 1 aromatic rings. The molecule has 1 aliphatic heterocycles. The third-order valence-electron chi connectivity index (χ3n) is 4.60. The highest BCUT2D eigenvalue weighted by molar-refractivity contribution is 6.06. The third-order valence-corrected chi connectivity index (χ3v) is 4.60. The summed E-state index contributed by atoms with van der Waals surface area (Å²) in [5, 5.41) is 0. The average molecular weight is 315 g/mol. The number of para-hydroxylation sites is 1. The van der Waals surface area contributed by atoms with Gasteiger partial charge in [0, 0.05) is 18.7 Å². The number of unbranched alkanes of at least 4 members (excludes halogenated alkanes) is 6. The van der Waals surface area contributed by atoms with Gasteiger partial charge in [0.1, 0.15) is 5.78 Å². The van der Waals surface area contributed by atoms with Crippen LogP contribution in [0.25, 0.3) is 0 Å². The molecule has 1 aromatic carbocycles. The Bertz CT molecular complexity index is 524. The Balaban J connectivity index is 1.65. The molecule has 0 bridgehead atoms. The van der Waals surface area contributed by atoms with Crippen LogP contribution < -0.4 is 4.90 Å². The maximum Gasteiger partial charge on any atom is 0.234 e. The molecule has 1 heterocycles. The SMILES string of the molecule is CCCCCCCCCC(=O)CC(=O)N1CCc2ccccc21. The van der Waals surface area contributed by atoms with E-state index in [1.165, 1.54) is 37.7 Å². The molecule has 0 N–H and O–H groups in total. The summed E-state index contributed by atoms with van der Waals surface area (Å²) in [6, 6.07) is 7.98. The van der Waals surface area contributed by atoms with Gasteiger partial charge >= 0.3 is 0 Å². The zero-order chi connectivity index (χ0) is 16.5. The molecule has 23 heavy (non-hydrogen) atoms. The first-order chi connectivity index (χ1) is 11.2. The Morgan fingerprint density at radius 1 is 1.00 bits per heavy atom. The quantitative estimate of drug-likeness (QED) is 0.464. The van der Waals surface area contributed by atoms with Gasteiger partial charge in [-0.1, -0.05) is 63.6 Å². The van der Waals surface area contributed by atoms with E-state index in [0.29, 0.717) is 13.0 Å². The smallest absolute Gasteiger partial charge is 0.234 e. The van der Waals surface area contributed by atoms with Crippen molar-refractivity contribution >= 4 is 17.4 Å². The second kappa shape index (κ2) is 9.49. The van der Waals surface area contributed by atoms with Gasteiger partial charge in [0.2, 0.25) is 5.91 Å². The van der Waals surface area contributed by atoms with Crippen molar-refractivity contribution in [2.45, 2.75) is 71.1 Å². The van der Waals surface area contributed by atoms with E-state index in [-0.39, 0.29) is 18.1 Å². The molecule has 126 valence electrons. The molecular formula is C20H29NO2. The first-order valence-electron chi connectivity index (χ1n) is 9.12. The van der Waals surface area contributed by atoms with Crippen molar-refractivity contribution in [2.75, 3.05) is 11.4 Å². The van der Waals surface area contributed by atoms with Gasteiger partial charge in [0.05, 0.1) is 6.42 Å². The molecule has 0 spiro atoms. The van der Waals surface area contributed by atoms with Gasteiger partial charge in [-0.3, -0.25) is 9.59 Å². The van der Waals surface area contributed by atoms with Gasteiger partial charge in [-0.05, 0) is 24.5 Å². The standard InChI is InChI=1S/C20H29NO2/c1-2-3-4-5-6-7-8-12-18(22)16-20(23)21-15-14-17-11-9-10-13-19(17)21/h9-11,13H,2-8,12,14-16H2,1H3. The first kappa shape index (κ1) is 17.7. The number of fused-ring (bicyclic) bond motifs is 1. The predicted octanol–water partition coefficient (Wildman–Crippen LogP) is 4.68. The lowest BCUT2D eigenvalue weighted by molar-refractivity contribution is -0.126. The highest BCUT2D eigenvalue weighted by Crippen LogP contribution is 2.28. The van der Waals surface area contributed by atoms with E-state index < -0.39 is 0 Å². The lowest BCUT2D eigenvalue weighted by Crippen LogP contribution is -2.30. The fraction of sp³-hybridized carbons (Fsp3) is 0.600. The van der Waals surface area contributed by atoms with Crippen molar-refractivity contribution in [3.05, 3.63) is 29.8 Å². The monoisotopic (exact) mass is 315 g/mol. The summed E-state index contributed by atoms with van der Waals surface area (Å²) < 4.78 is 0. The lowest BCUT2D eigenvalue weighted by atomic mass is 10.1. The van der Waals surface area contributed by atoms with Crippen molar-refractivity contribution in [2.24, 2.45) is 0 Å². The number of hydrogen-bond acceptors (Lipinski definition) is 2. The Morgan fingerprint density at radius 3 is 2.48 bits per heavy atom. The molecule has 0 radical (unpaired) electrons. The van der Waals surface area contributed by atoms with Crippen molar-refractivity contribution < 1.29 is 9.59 Å². The first-order valence-corrected chi connectivity index (χ1v) is 9.12. The van der Waals surface area contributed by atoms with Gasteiger partial charge in [-0.2, -0.15) is 0 Å². The molecule has 0 aliphatic carbocycles. The highest BCUT2D eigenvalue weighted by Gasteiger charge is 2.25. The summed E-state index contributed by atoms with van der Waals surface area (Å²) in [6.07, 6.45) is 9.90. The second-order valence-electron chi connectivity index (χ2n) is 6.51. The minimum absolute atomic E-state index is 0.0390.